The van der Waals surface area contributed by atoms with E-state index in [0.717, 1.165) is 33.5 Å². The largest absolute Gasteiger partial charge is 0.293 e. The number of nitrogens with zero attached hydrogens (tertiary/aromatic N) is 3. The normalized spacial score (nSPS) is 10.9. The van der Waals surface area contributed by atoms with Crippen molar-refractivity contribution in [2.75, 3.05) is 5.75 Å². The van der Waals surface area contributed by atoms with E-state index in [1.54, 1.807) is 0 Å². The standard InChI is InChI=1S/C24H20BrN3OS/c1-2-17-8-10-18(11-9-17)22(29)16-30-24-27-26-23(19-12-14-20(25)15-13-19)28(24)21-6-4-3-5-7-21/h3-15H,2,16H2,1H3. The molecule has 0 radical (unpaired) electrons. The molecule has 30 heavy (non-hydrogen) atoms. The molecule has 1 heterocycles. The van der Waals surface area contributed by atoms with Gasteiger partial charge in [-0.3, -0.25) is 9.36 Å². The van der Waals surface area contributed by atoms with Crippen molar-refractivity contribution >= 4 is 33.5 Å². The van der Waals surface area contributed by atoms with Gasteiger partial charge in [-0.2, -0.15) is 0 Å². The Morgan fingerprint density at radius 3 is 2.30 bits per heavy atom. The smallest absolute Gasteiger partial charge is 0.196 e. The van der Waals surface area contributed by atoms with Crippen LogP contribution in [0.1, 0.15) is 22.8 Å². The number of hydrogen-bond acceptors (Lipinski definition) is 4. The highest BCUT2D eigenvalue weighted by Crippen LogP contribution is 2.29. The summed E-state index contributed by atoms with van der Waals surface area (Å²) in [5.74, 6) is 1.13. The Bertz CT molecular complexity index is 1140. The zero-order chi connectivity index (χ0) is 20.9. The number of benzene rings is 3. The Balaban J connectivity index is 1.62. The van der Waals surface area contributed by atoms with E-state index < -0.39 is 0 Å². The third kappa shape index (κ3) is 4.55. The summed E-state index contributed by atoms with van der Waals surface area (Å²) in [7, 11) is 0. The molecule has 3 aromatic carbocycles. The third-order valence-electron chi connectivity index (χ3n) is 4.77. The number of carbonyl (C=O) groups excluding carboxylic acids is 1. The van der Waals surface area contributed by atoms with Gasteiger partial charge in [0.05, 0.1) is 5.75 Å². The van der Waals surface area contributed by atoms with Gasteiger partial charge in [0.2, 0.25) is 0 Å². The van der Waals surface area contributed by atoms with Crippen LogP contribution >= 0.6 is 27.7 Å². The fourth-order valence-corrected chi connectivity index (χ4v) is 4.21. The van der Waals surface area contributed by atoms with Crippen molar-refractivity contribution in [1.82, 2.24) is 14.8 Å². The maximum atomic E-state index is 12.7. The second-order valence-corrected chi connectivity index (χ2v) is 8.60. The van der Waals surface area contributed by atoms with Crippen LogP contribution in [-0.4, -0.2) is 26.3 Å². The summed E-state index contributed by atoms with van der Waals surface area (Å²) in [4.78, 5) is 12.7. The van der Waals surface area contributed by atoms with Crippen molar-refractivity contribution in [3.63, 3.8) is 0 Å². The molecule has 0 atom stereocenters. The predicted octanol–water partition coefficient (Wildman–Crippen LogP) is 6.23. The molecule has 4 aromatic rings. The van der Waals surface area contributed by atoms with Crippen molar-refractivity contribution in [2.24, 2.45) is 0 Å². The van der Waals surface area contributed by atoms with Gasteiger partial charge < -0.3 is 0 Å². The summed E-state index contributed by atoms with van der Waals surface area (Å²) in [5, 5.41) is 9.52. The average molecular weight is 478 g/mol. The summed E-state index contributed by atoms with van der Waals surface area (Å²) in [6.45, 7) is 2.10. The summed E-state index contributed by atoms with van der Waals surface area (Å²) in [6, 6.07) is 25.8. The number of halogens is 1. The van der Waals surface area contributed by atoms with E-state index in [1.165, 1.54) is 17.3 Å². The number of aryl methyl sites for hydroxylation is 1. The molecule has 4 nitrogen and oxygen atoms in total. The molecule has 0 spiro atoms. The minimum Gasteiger partial charge on any atom is -0.293 e. The molecule has 0 saturated heterocycles. The molecule has 0 amide bonds. The molecule has 0 unspecified atom stereocenters. The van der Waals surface area contributed by atoms with Gasteiger partial charge in [-0.1, -0.05) is 89.2 Å². The van der Waals surface area contributed by atoms with E-state index >= 15 is 0 Å². The van der Waals surface area contributed by atoms with Crippen LogP contribution < -0.4 is 0 Å². The van der Waals surface area contributed by atoms with Crippen LogP contribution in [0.15, 0.2) is 88.5 Å². The highest BCUT2D eigenvalue weighted by atomic mass is 79.9. The molecular formula is C24H20BrN3OS. The maximum absolute atomic E-state index is 12.7. The van der Waals surface area contributed by atoms with Crippen LogP contribution in [0.25, 0.3) is 17.1 Å². The van der Waals surface area contributed by atoms with Gasteiger partial charge in [0.1, 0.15) is 0 Å². The summed E-state index contributed by atoms with van der Waals surface area (Å²) < 4.78 is 3.01. The van der Waals surface area contributed by atoms with Crippen molar-refractivity contribution in [3.8, 4) is 17.1 Å². The first-order valence-corrected chi connectivity index (χ1v) is 11.5. The molecule has 150 valence electrons. The fraction of sp³-hybridized carbons (Fsp3) is 0.125. The average Bonchev–Trinajstić information content (AvgIpc) is 3.22. The first kappa shape index (κ1) is 20.6. The van der Waals surface area contributed by atoms with Crippen molar-refractivity contribution in [1.29, 1.82) is 0 Å². The first-order chi connectivity index (χ1) is 14.7. The third-order valence-corrected chi connectivity index (χ3v) is 6.22. The number of thioether (sulfide) groups is 1. The number of hydrogen-bond donors (Lipinski definition) is 0. The zero-order valence-electron chi connectivity index (χ0n) is 16.5. The number of rotatable bonds is 7. The molecule has 0 N–H and O–H groups in total. The van der Waals surface area contributed by atoms with Crippen LogP contribution in [0.5, 0.6) is 0 Å². The summed E-state index contributed by atoms with van der Waals surface area (Å²) in [5.41, 5.74) is 3.87. The second kappa shape index (κ2) is 9.41. The molecule has 0 saturated carbocycles. The quantitative estimate of drug-likeness (QED) is 0.233. The molecule has 1 aromatic heterocycles. The molecule has 0 aliphatic rings. The van der Waals surface area contributed by atoms with E-state index in [1.807, 2.05) is 83.4 Å². The van der Waals surface area contributed by atoms with E-state index in [-0.39, 0.29) is 5.78 Å². The highest BCUT2D eigenvalue weighted by molar-refractivity contribution is 9.10. The molecular weight excluding hydrogens is 458 g/mol. The van der Waals surface area contributed by atoms with E-state index in [0.29, 0.717) is 10.9 Å². The topological polar surface area (TPSA) is 47.8 Å². The SMILES string of the molecule is CCc1ccc(C(=O)CSc2nnc(-c3ccc(Br)cc3)n2-c2ccccc2)cc1. The number of Topliss-reactive ketones (excluding diaryl/α,β-unsaturated/α-hetero) is 1. The maximum Gasteiger partial charge on any atom is 0.196 e. The van der Waals surface area contributed by atoms with Crippen molar-refractivity contribution in [3.05, 3.63) is 94.5 Å². The van der Waals surface area contributed by atoms with Crippen molar-refractivity contribution in [2.45, 2.75) is 18.5 Å². The van der Waals surface area contributed by atoms with Crippen molar-refractivity contribution < 1.29 is 4.79 Å². The van der Waals surface area contributed by atoms with E-state index in [4.69, 9.17) is 0 Å². The summed E-state index contributed by atoms with van der Waals surface area (Å²) in [6.07, 6.45) is 0.961. The Labute approximate surface area is 188 Å². The first-order valence-electron chi connectivity index (χ1n) is 9.67. The monoisotopic (exact) mass is 477 g/mol. The summed E-state index contributed by atoms with van der Waals surface area (Å²) >= 11 is 4.88. The zero-order valence-corrected chi connectivity index (χ0v) is 18.9. The predicted molar refractivity (Wildman–Crippen MR) is 125 cm³/mol. The molecule has 0 aliphatic carbocycles. The van der Waals surface area contributed by atoms with Gasteiger partial charge in [0, 0.05) is 21.3 Å². The Kier molecular flexibility index (Phi) is 6.45. The van der Waals surface area contributed by atoms with Crippen LogP contribution in [0.4, 0.5) is 0 Å². The van der Waals surface area contributed by atoms with Crippen LogP contribution in [0.3, 0.4) is 0 Å². The Hall–Kier alpha value is -2.70. The number of ketones is 1. The fourth-order valence-electron chi connectivity index (χ4n) is 3.10. The van der Waals surface area contributed by atoms with Crippen LogP contribution in [-0.2, 0) is 6.42 Å². The van der Waals surface area contributed by atoms with Gasteiger partial charge in [-0.25, -0.2) is 0 Å². The van der Waals surface area contributed by atoms with Gasteiger partial charge in [0.15, 0.2) is 16.8 Å². The van der Waals surface area contributed by atoms with Gasteiger partial charge >= 0.3 is 0 Å². The molecule has 6 heteroatoms. The molecule has 4 rings (SSSR count). The van der Waals surface area contributed by atoms with E-state index in [2.05, 4.69) is 33.1 Å². The lowest BCUT2D eigenvalue weighted by Gasteiger charge is -2.10. The van der Waals surface area contributed by atoms with Gasteiger partial charge in [-0.05, 0) is 36.2 Å². The number of aromatic nitrogens is 3. The Morgan fingerprint density at radius 1 is 0.933 bits per heavy atom. The number of para-hydroxylation sites is 1. The highest BCUT2D eigenvalue weighted by Gasteiger charge is 2.17. The second-order valence-electron chi connectivity index (χ2n) is 6.75. The Morgan fingerprint density at radius 2 is 1.63 bits per heavy atom. The van der Waals surface area contributed by atoms with Crippen LogP contribution in [0.2, 0.25) is 0 Å². The lowest BCUT2D eigenvalue weighted by Crippen LogP contribution is -2.05. The van der Waals surface area contributed by atoms with Gasteiger partial charge in [-0.15, -0.1) is 10.2 Å². The molecule has 0 bridgehead atoms. The number of carbonyl (C=O) groups is 1. The van der Waals surface area contributed by atoms with E-state index in [9.17, 15) is 4.79 Å². The minimum absolute atomic E-state index is 0.0791. The molecule has 0 fully saturated rings. The van der Waals surface area contributed by atoms with Gasteiger partial charge in [0.25, 0.3) is 0 Å². The molecule has 0 aliphatic heterocycles. The minimum atomic E-state index is 0.0791. The lowest BCUT2D eigenvalue weighted by atomic mass is 10.1. The van der Waals surface area contributed by atoms with Crippen LogP contribution in [0, 0.1) is 0 Å². The lowest BCUT2D eigenvalue weighted by molar-refractivity contribution is 0.102.